The fourth-order valence-corrected chi connectivity index (χ4v) is 3.40. The zero-order valence-electron chi connectivity index (χ0n) is 12.8. The maximum absolute atomic E-state index is 12.3. The van der Waals surface area contributed by atoms with Crippen molar-refractivity contribution in [1.29, 1.82) is 0 Å². The van der Waals surface area contributed by atoms with Gasteiger partial charge in [-0.2, -0.15) is 0 Å². The molecule has 0 aliphatic rings. The molecule has 0 unspecified atom stereocenters. The van der Waals surface area contributed by atoms with E-state index in [1.807, 2.05) is 42.5 Å². The van der Waals surface area contributed by atoms with Crippen LogP contribution in [-0.4, -0.2) is 24.9 Å². The van der Waals surface area contributed by atoms with Crippen LogP contribution >= 0.6 is 0 Å². The zero-order chi connectivity index (χ0) is 17.0. The van der Waals surface area contributed by atoms with Crippen molar-refractivity contribution in [2.24, 2.45) is 0 Å². The van der Waals surface area contributed by atoms with Gasteiger partial charge in [0.1, 0.15) is 0 Å². The average molecular weight is 343 g/mol. The zero-order valence-corrected chi connectivity index (χ0v) is 13.6. The van der Waals surface area contributed by atoms with Crippen LogP contribution in [0.5, 0.6) is 0 Å². The van der Waals surface area contributed by atoms with Gasteiger partial charge in [0.15, 0.2) is 0 Å². The van der Waals surface area contributed by atoms with Crippen molar-refractivity contribution in [1.82, 2.24) is 14.7 Å². The number of imidazole rings is 1. The Bertz CT molecular complexity index is 1020. The van der Waals surface area contributed by atoms with E-state index in [0.29, 0.717) is 24.0 Å². The van der Waals surface area contributed by atoms with Crippen LogP contribution in [0.15, 0.2) is 64.3 Å². The van der Waals surface area contributed by atoms with Gasteiger partial charge < -0.3 is 9.97 Å². The lowest BCUT2D eigenvalue weighted by Crippen LogP contribution is -2.24. The summed E-state index contributed by atoms with van der Waals surface area (Å²) in [6, 6.07) is 14.3. The van der Waals surface area contributed by atoms with Crippen molar-refractivity contribution in [3.8, 4) is 0 Å². The molecule has 0 saturated heterocycles. The number of nitrogens with one attached hydrogen (secondary N) is 3. The maximum Gasteiger partial charge on any atom is 0.323 e. The second-order valence-corrected chi connectivity index (χ2v) is 7.05. The van der Waals surface area contributed by atoms with Crippen molar-refractivity contribution in [3.63, 3.8) is 0 Å². The number of H-pyrrole nitrogens is 2. The highest BCUT2D eigenvalue weighted by atomic mass is 32.2. The normalized spacial score (nSPS) is 12.2. The van der Waals surface area contributed by atoms with Gasteiger partial charge in [-0.15, -0.1) is 0 Å². The Kier molecular flexibility index (Phi) is 4.64. The molecule has 3 rings (SSSR count). The fraction of sp³-hybridized carbons (Fsp3) is 0.118. The van der Waals surface area contributed by atoms with Crippen LogP contribution in [0.2, 0.25) is 0 Å². The number of rotatable bonds is 6. The van der Waals surface area contributed by atoms with Crippen molar-refractivity contribution in [2.75, 3.05) is 6.54 Å². The monoisotopic (exact) mass is 343 g/mol. The molecule has 1 heterocycles. The molecule has 0 aliphatic carbocycles. The highest BCUT2D eigenvalue weighted by Crippen LogP contribution is 2.14. The van der Waals surface area contributed by atoms with Gasteiger partial charge in [0, 0.05) is 6.54 Å². The SMILES string of the molecule is O=c1[nH]c2ccc(S(=O)(=O)NCC/C=C/c3ccccc3)cc2[nH]1. The third-order valence-corrected chi connectivity index (χ3v) is 4.97. The van der Waals surface area contributed by atoms with Gasteiger partial charge >= 0.3 is 5.69 Å². The summed E-state index contributed by atoms with van der Waals surface area (Å²) >= 11 is 0. The molecule has 1 aromatic heterocycles. The molecular weight excluding hydrogens is 326 g/mol. The third-order valence-electron chi connectivity index (χ3n) is 3.51. The Morgan fingerprint density at radius 3 is 2.54 bits per heavy atom. The standard InChI is InChI=1S/C17H17N3O3S/c21-17-19-15-10-9-14(12-16(15)20-17)24(22,23)18-11-5-4-8-13-6-2-1-3-7-13/h1-4,6-10,12,18H,5,11H2,(H2,19,20,21)/b8-4+. The van der Waals surface area contributed by atoms with E-state index in [0.717, 1.165) is 5.56 Å². The van der Waals surface area contributed by atoms with E-state index in [2.05, 4.69) is 14.7 Å². The van der Waals surface area contributed by atoms with Crippen LogP contribution in [0.3, 0.4) is 0 Å². The van der Waals surface area contributed by atoms with Crippen molar-refractivity contribution in [3.05, 3.63) is 70.7 Å². The van der Waals surface area contributed by atoms with E-state index in [4.69, 9.17) is 0 Å². The molecule has 6 nitrogen and oxygen atoms in total. The Labute approximate surface area is 139 Å². The lowest BCUT2D eigenvalue weighted by Gasteiger charge is -2.05. The Morgan fingerprint density at radius 1 is 1.00 bits per heavy atom. The maximum atomic E-state index is 12.3. The van der Waals surface area contributed by atoms with E-state index in [1.165, 1.54) is 12.1 Å². The molecule has 0 radical (unpaired) electrons. The van der Waals surface area contributed by atoms with Crippen LogP contribution in [0.1, 0.15) is 12.0 Å². The summed E-state index contributed by atoms with van der Waals surface area (Å²) in [5.41, 5.74) is 1.75. The number of hydrogen-bond donors (Lipinski definition) is 3. The average Bonchev–Trinajstić information content (AvgIpc) is 2.94. The lowest BCUT2D eigenvalue weighted by atomic mass is 10.2. The smallest absolute Gasteiger partial charge is 0.306 e. The largest absolute Gasteiger partial charge is 0.323 e. The second kappa shape index (κ2) is 6.86. The van der Waals surface area contributed by atoms with Gasteiger partial charge in [0.05, 0.1) is 15.9 Å². The molecule has 3 N–H and O–H groups in total. The Balaban J connectivity index is 1.62. The Morgan fingerprint density at radius 2 is 1.75 bits per heavy atom. The molecule has 0 saturated carbocycles. The number of sulfonamides is 1. The van der Waals surface area contributed by atoms with E-state index in [9.17, 15) is 13.2 Å². The minimum atomic E-state index is -3.61. The molecule has 7 heteroatoms. The minimum Gasteiger partial charge on any atom is -0.306 e. The number of benzene rings is 2. The molecule has 3 aromatic rings. The number of fused-ring (bicyclic) bond motifs is 1. The molecule has 0 bridgehead atoms. The summed E-state index contributed by atoms with van der Waals surface area (Å²) < 4.78 is 27.1. The minimum absolute atomic E-state index is 0.122. The summed E-state index contributed by atoms with van der Waals surface area (Å²) in [5.74, 6) is 0. The predicted molar refractivity (Wildman–Crippen MR) is 94.2 cm³/mol. The van der Waals surface area contributed by atoms with Gasteiger partial charge in [-0.25, -0.2) is 17.9 Å². The molecular formula is C17H17N3O3S. The van der Waals surface area contributed by atoms with Crippen LogP contribution < -0.4 is 10.4 Å². The fourth-order valence-electron chi connectivity index (χ4n) is 2.32. The molecule has 0 atom stereocenters. The molecule has 0 aliphatic heterocycles. The van der Waals surface area contributed by atoms with Crippen LogP contribution in [0.25, 0.3) is 17.1 Å². The van der Waals surface area contributed by atoms with Gasteiger partial charge in [-0.3, -0.25) is 0 Å². The number of aromatic nitrogens is 2. The summed E-state index contributed by atoms with van der Waals surface area (Å²) in [4.78, 5) is 16.5. The van der Waals surface area contributed by atoms with Gasteiger partial charge in [-0.1, -0.05) is 42.5 Å². The molecule has 0 fully saturated rings. The van der Waals surface area contributed by atoms with E-state index < -0.39 is 10.0 Å². The van der Waals surface area contributed by atoms with Crippen LogP contribution in [0.4, 0.5) is 0 Å². The van der Waals surface area contributed by atoms with Crippen molar-refractivity contribution >= 4 is 27.1 Å². The summed E-state index contributed by atoms with van der Waals surface area (Å²) in [7, 11) is -3.61. The summed E-state index contributed by atoms with van der Waals surface area (Å²) in [6.07, 6.45) is 4.45. The van der Waals surface area contributed by atoms with Gasteiger partial charge in [0.2, 0.25) is 10.0 Å². The molecule has 2 aromatic carbocycles. The van der Waals surface area contributed by atoms with E-state index in [1.54, 1.807) is 6.07 Å². The van der Waals surface area contributed by atoms with Crippen LogP contribution in [0, 0.1) is 0 Å². The highest BCUT2D eigenvalue weighted by Gasteiger charge is 2.14. The predicted octanol–water partition coefficient (Wildman–Crippen LogP) is 2.24. The highest BCUT2D eigenvalue weighted by molar-refractivity contribution is 7.89. The number of aromatic amines is 2. The van der Waals surface area contributed by atoms with E-state index in [-0.39, 0.29) is 10.6 Å². The quantitative estimate of drug-likeness (QED) is 0.599. The van der Waals surface area contributed by atoms with Gasteiger partial charge in [0.25, 0.3) is 0 Å². The van der Waals surface area contributed by atoms with Crippen LogP contribution in [-0.2, 0) is 10.0 Å². The van der Waals surface area contributed by atoms with Crippen molar-refractivity contribution in [2.45, 2.75) is 11.3 Å². The Hall–Kier alpha value is -2.64. The molecule has 24 heavy (non-hydrogen) atoms. The van der Waals surface area contributed by atoms with E-state index >= 15 is 0 Å². The first-order valence-electron chi connectivity index (χ1n) is 7.48. The second-order valence-electron chi connectivity index (χ2n) is 5.29. The third kappa shape index (κ3) is 3.81. The first kappa shape index (κ1) is 16.2. The first-order valence-corrected chi connectivity index (χ1v) is 8.96. The first-order chi connectivity index (χ1) is 11.5. The molecule has 0 amide bonds. The lowest BCUT2D eigenvalue weighted by molar-refractivity contribution is 0.582. The molecule has 0 spiro atoms. The topological polar surface area (TPSA) is 94.8 Å². The molecule has 124 valence electrons. The van der Waals surface area contributed by atoms with Gasteiger partial charge in [-0.05, 0) is 30.2 Å². The summed E-state index contributed by atoms with van der Waals surface area (Å²) in [6.45, 7) is 0.299. The summed E-state index contributed by atoms with van der Waals surface area (Å²) in [5, 5.41) is 0. The number of hydrogen-bond acceptors (Lipinski definition) is 3. The van der Waals surface area contributed by atoms with Crippen molar-refractivity contribution < 1.29 is 8.42 Å².